The number of nitrogens with zero attached hydrogens (tertiary/aromatic N) is 1. The van der Waals surface area contributed by atoms with Gasteiger partial charge in [0.1, 0.15) is 5.82 Å². The van der Waals surface area contributed by atoms with Crippen LogP contribution in [0.3, 0.4) is 0 Å². The van der Waals surface area contributed by atoms with Crippen LogP contribution >= 0.6 is 0 Å². The van der Waals surface area contributed by atoms with Gasteiger partial charge in [-0.1, -0.05) is 12.1 Å². The number of carbonyl (C=O) groups excluding carboxylic acids is 1. The molecule has 1 fully saturated rings. The van der Waals surface area contributed by atoms with Gasteiger partial charge in [-0.15, -0.1) is 0 Å². The van der Waals surface area contributed by atoms with Gasteiger partial charge in [-0.05, 0) is 31.4 Å². The first kappa shape index (κ1) is 12.0. The number of nitrogens with two attached hydrogens (primary N) is 1. The Morgan fingerprint density at radius 2 is 2.12 bits per heavy atom. The Balaban J connectivity index is 2.12. The molecular formula is C13H17FN2O. The van der Waals surface area contributed by atoms with Crippen LogP contribution < -0.4 is 10.6 Å². The standard InChI is InChI=1S/C13H17FN2O/c1-16(12-5-3-2-4-11(12)14)13(17)9-6-7-10(15)8-9/h2-5,9-10H,6-8,15H2,1H3. The Morgan fingerprint density at radius 3 is 2.71 bits per heavy atom. The van der Waals surface area contributed by atoms with Crippen LogP contribution in [-0.4, -0.2) is 19.0 Å². The van der Waals surface area contributed by atoms with Crippen molar-refractivity contribution in [2.24, 2.45) is 11.7 Å². The van der Waals surface area contributed by atoms with E-state index in [1.54, 1.807) is 25.2 Å². The van der Waals surface area contributed by atoms with Crippen LogP contribution in [0.1, 0.15) is 19.3 Å². The average molecular weight is 236 g/mol. The molecule has 1 aliphatic carbocycles. The number of hydrogen-bond acceptors (Lipinski definition) is 2. The molecule has 1 saturated carbocycles. The van der Waals surface area contributed by atoms with Crippen LogP contribution in [0, 0.1) is 11.7 Å². The molecule has 0 saturated heterocycles. The maximum atomic E-state index is 13.5. The van der Waals surface area contributed by atoms with E-state index in [0.717, 1.165) is 12.8 Å². The molecule has 0 spiro atoms. The van der Waals surface area contributed by atoms with Crippen LogP contribution in [0.15, 0.2) is 24.3 Å². The number of anilines is 1. The molecule has 1 aromatic carbocycles. The molecule has 0 radical (unpaired) electrons. The summed E-state index contributed by atoms with van der Waals surface area (Å²) >= 11 is 0. The lowest BCUT2D eigenvalue weighted by Crippen LogP contribution is -2.33. The molecule has 2 unspecified atom stereocenters. The second-order valence-electron chi connectivity index (χ2n) is 4.62. The highest BCUT2D eigenvalue weighted by Crippen LogP contribution is 2.28. The monoisotopic (exact) mass is 236 g/mol. The Labute approximate surface area is 100 Å². The van der Waals surface area contributed by atoms with E-state index in [2.05, 4.69) is 0 Å². The van der Waals surface area contributed by atoms with Crippen molar-refractivity contribution in [2.45, 2.75) is 25.3 Å². The molecule has 0 heterocycles. The summed E-state index contributed by atoms with van der Waals surface area (Å²) < 4.78 is 13.5. The zero-order valence-electron chi connectivity index (χ0n) is 9.90. The maximum absolute atomic E-state index is 13.5. The fourth-order valence-electron chi connectivity index (χ4n) is 2.36. The van der Waals surface area contributed by atoms with E-state index in [-0.39, 0.29) is 23.7 Å². The minimum Gasteiger partial charge on any atom is -0.328 e. The van der Waals surface area contributed by atoms with Crippen LogP contribution in [0.2, 0.25) is 0 Å². The predicted octanol–water partition coefficient (Wildman–Crippen LogP) is 1.92. The summed E-state index contributed by atoms with van der Waals surface area (Å²) in [6.45, 7) is 0. The Morgan fingerprint density at radius 1 is 1.41 bits per heavy atom. The SMILES string of the molecule is CN(C(=O)C1CCC(N)C1)c1ccccc1F. The Kier molecular flexibility index (Phi) is 3.43. The smallest absolute Gasteiger partial charge is 0.229 e. The molecule has 2 N–H and O–H groups in total. The van der Waals surface area contributed by atoms with Gasteiger partial charge in [-0.3, -0.25) is 4.79 Å². The lowest BCUT2D eigenvalue weighted by Gasteiger charge is -2.21. The molecule has 2 rings (SSSR count). The fourth-order valence-corrected chi connectivity index (χ4v) is 2.36. The summed E-state index contributed by atoms with van der Waals surface area (Å²) in [5, 5.41) is 0. The van der Waals surface area contributed by atoms with Gasteiger partial charge in [-0.2, -0.15) is 0 Å². The van der Waals surface area contributed by atoms with E-state index in [1.165, 1.54) is 11.0 Å². The van der Waals surface area contributed by atoms with Gasteiger partial charge >= 0.3 is 0 Å². The highest BCUT2D eigenvalue weighted by atomic mass is 19.1. The minimum atomic E-state index is -0.370. The van der Waals surface area contributed by atoms with Gasteiger partial charge in [0.25, 0.3) is 0 Å². The topological polar surface area (TPSA) is 46.3 Å². The van der Waals surface area contributed by atoms with Crippen molar-refractivity contribution in [3.05, 3.63) is 30.1 Å². The van der Waals surface area contributed by atoms with E-state index < -0.39 is 0 Å². The first-order valence-corrected chi connectivity index (χ1v) is 5.87. The Hall–Kier alpha value is -1.42. The lowest BCUT2D eigenvalue weighted by molar-refractivity contribution is -0.121. The highest BCUT2D eigenvalue weighted by Gasteiger charge is 2.30. The number of carbonyl (C=O) groups is 1. The van der Waals surface area contributed by atoms with E-state index in [1.807, 2.05) is 0 Å². The summed E-state index contributed by atoms with van der Waals surface area (Å²) in [4.78, 5) is 13.5. The molecule has 0 aliphatic heterocycles. The van der Waals surface area contributed by atoms with Crippen LogP contribution in [0.25, 0.3) is 0 Å². The van der Waals surface area contributed by atoms with Crippen molar-refractivity contribution < 1.29 is 9.18 Å². The van der Waals surface area contributed by atoms with E-state index in [0.29, 0.717) is 12.1 Å². The molecule has 3 nitrogen and oxygen atoms in total. The van der Waals surface area contributed by atoms with Gasteiger partial charge in [0.2, 0.25) is 5.91 Å². The Bertz CT molecular complexity index is 422. The average Bonchev–Trinajstić information content (AvgIpc) is 2.75. The van der Waals surface area contributed by atoms with Crippen molar-refractivity contribution >= 4 is 11.6 Å². The molecule has 1 amide bonds. The molecule has 1 aliphatic rings. The molecule has 0 aromatic heterocycles. The molecule has 0 bridgehead atoms. The van der Waals surface area contributed by atoms with Crippen molar-refractivity contribution in [2.75, 3.05) is 11.9 Å². The number of halogens is 1. The lowest BCUT2D eigenvalue weighted by atomic mass is 10.1. The summed E-state index contributed by atoms with van der Waals surface area (Å²) in [5.41, 5.74) is 6.12. The number of para-hydroxylation sites is 1. The molecule has 92 valence electrons. The quantitative estimate of drug-likeness (QED) is 0.852. The number of benzene rings is 1. The molecule has 4 heteroatoms. The van der Waals surface area contributed by atoms with E-state index in [4.69, 9.17) is 5.73 Å². The zero-order chi connectivity index (χ0) is 12.4. The summed E-state index contributed by atoms with van der Waals surface area (Å²) in [6, 6.07) is 6.42. The summed E-state index contributed by atoms with van der Waals surface area (Å²) in [6.07, 6.45) is 2.39. The van der Waals surface area contributed by atoms with Crippen LogP contribution in [0.4, 0.5) is 10.1 Å². The zero-order valence-corrected chi connectivity index (χ0v) is 9.90. The largest absolute Gasteiger partial charge is 0.328 e. The third-order valence-corrected chi connectivity index (χ3v) is 3.37. The minimum absolute atomic E-state index is 0.0388. The van der Waals surface area contributed by atoms with E-state index >= 15 is 0 Å². The molecular weight excluding hydrogens is 219 g/mol. The predicted molar refractivity (Wildman–Crippen MR) is 65.1 cm³/mol. The van der Waals surface area contributed by atoms with Crippen molar-refractivity contribution in [1.82, 2.24) is 0 Å². The van der Waals surface area contributed by atoms with Crippen molar-refractivity contribution in [3.8, 4) is 0 Å². The van der Waals surface area contributed by atoms with Gasteiger partial charge in [-0.25, -0.2) is 4.39 Å². The molecule has 1 aromatic rings. The van der Waals surface area contributed by atoms with Gasteiger partial charge in [0.15, 0.2) is 0 Å². The number of amides is 1. The van der Waals surface area contributed by atoms with Gasteiger partial charge in [0, 0.05) is 19.0 Å². The van der Waals surface area contributed by atoms with Crippen molar-refractivity contribution in [3.63, 3.8) is 0 Å². The summed E-state index contributed by atoms with van der Waals surface area (Å²) in [5.74, 6) is -0.469. The molecule has 17 heavy (non-hydrogen) atoms. The number of rotatable bonds is 2. The first-order chi connectivity index (χ1) is 8.09. The maximum Gasteiger partial charge on any atom is 0.229 e. The third kappa shape index (κ3) is 2.47. The van der Waals surface area contributed by atoms with Gasteiger partial charge < -0.3 is 10.6 Å². The first-order valence-electron chi connectivity index (χ1n) is 5.87. The second kappa shape index (κ2) is 4.84. The highest BCUT2D eigenvalue weighted by molar-refractivity contribution is 5.94. The second-order valence-corrected chi connectivity index (χ2v) is 4.62. The summed E-state index contributed by atoms with van der Waals surface area (Å²) in [7, 11) is 1.62. The third-order valence-electron chi connectivity index (χ3n) is 3.37. The fraction of sp³-hybridized carbons (Fsp3) is 0.462. The molecule has 2 atom stereocenters. The van der Waals surface area contributed by atoms with E-state index in [9.17, 15) is 9.18 Å². The van der Waals surface area contributed by atoms with Crippen molar-refractivity contribution in [1.29, 1.82) is 0 Å². The number of hydrogen-bond donors (Lipinski definition) is 1. The van der Waals surface area contributed by atoms with Crippen LogP contribution in [-0.2, 0) is 4.79 Å². The van der Waals surface area contributed by atoms with Gasteiger partial charge in [0.05, 0.1) is 5.69 Å². The van der Waals surface area contributed by atoms with Crippen LogP contribution in [0.5, 0.6) is 0 Å². The normalized spacial score (nSPS) is 23.7.